The maximum absolute atomic E-state index is 2.38. The minimum absolute atomic E-state index is 0.684. The predicted molar refractivity (Wildman–Crippen MR) is 52.7 cm³/mol. The van der Waals surface area contributed by atoms with Crippen molar-refractivity contribution < 1.29 is 0 Å². The van der Waals surface area contributed by atoms with E-state index in [1.54, 1.807) is 11.1 Å². The van der Waals surface area contributed by atoms with Gasteiger partial charge in [0.1, 0.15) is 0 Å². The molecular weight excluding hydrogens is 156 g/mol. The fraction of sp³-hybridized carbons (Fsp3) is 0.538. The normalized spacial score (nSPS) is 29.2. The maximum Gasteiger partial charge on any atom is 0.00159 e. The van der Waals surface area contributed by atoms with E-state index in [2.05, 4.69) is 24.3 Å². The second-order valence-corrected chi connectivity index (χ2v) is 5.20. The Labute approximate surface area is 79.0 Å². The molecule has 4 rings (SSSR count). The molecule has 0 saturated heterocycles. The highest BCUT2D eigenvalue weighted by Crippen LogP contribution is 2.75. The Morgan fingerprint density at radius 3 is 2.38 bits per heavy atom. The van der Waals surface area contributed by atoms with Crippen molar-refractivity contribution in [2.75, 3.05) is 0 Å². The van der Waals surface area contributed by atoms with Crippen LogP contribution >= 0.6 is 0 Å². The van der Waals surface area contributed by atoms with Crippen molar-refractivity contribution in [1.29, 1.82) is 0 Å². The lowest BCUT2D eigenvalue weighted by Crippen LogP contribution is -2.15. The Kier molecular flexibility index (Phi) is 0.871. The van der Waals surface area contributed by atoms with Crippen molar-refractivity contribution in [3.8, 4) is 0 Å². The monoisotopic (exact) mass is 170 g/mol. The molecule has 0 nitrogen and oxygen atoms in total. The van der Waals surface area contributed by atoms with Crippen LogP contribution < -0.4 is 0 Å². The molecule has 0 heteroatoms. The van der Waals surface area contributed by atoms with Crippen molar-refractivity contribution in [1.82, 2.24) is 0 Å². The second-order valence-electron chi connectivity index (χ2n) is 5.20. The van der Waals surface area contributed by atoms with Gasteiger partial charge in [0.25, 0.3) is 0 Å². The summed E-state index contributed by atoms with van der Waals surface area (Å²) in [6, 6.07) is 9.16. The van der Waals surface area contributed by atoms with Gasteiger partial charge in [-0.25, -0.2) is 0 Å². The molecule has 13 heavy (non-hydrogen) atoms. The van der Waals surface area contributed by atoms with Gasteiger partial charge in [-0.2, -0.15) is 0 Å². The third kappa shape index (κ3) is 0.590. The zero-order valence-corrected chi connectivity index (χ0v) is 7.84. The molecule has 2 spiro atoms. The Bertz CT molecular complexity index is 381. The summed E-state index contributed by atoms with van der Waals surface area (Å²) in [5, 5.41) is 0. The van der Waals surface area contributed by atoms with Gasteiger partial charge in [0, 0.05) is 5.41 Å². The van der Waals surface area contributed by atoms with Gasteiger partial charge in [-0.1, -0.05) is 24.3 Å². The molecule has 0 atom stereocenters. The highest BCUT2D eigenvalue weighted by atomic mass is 14.7. The first-order chi connectivity index (χ1) is 6.36. The van der Waals surface area contributed by atoms with E-state index < -0.39 is 0 Å². The Morgan fingerprint density at radius 2 is 1.69 bits per heavy atom. The average Bonchev–Trinajstić information content (AvgIpc) is 2.95. The van der Waals surface area contributed by atoms with Crippen LogP contribution in [0, 0.1) is 5.41 Å². The predicted octanol–water partition coefficient (Wildman–Crippen LogP) is 3.05. The van der Waals surface area contributed by atoms with E-state index in [0.29, 0.717) is 5.41 Å². The van der Waals surface area contributed by atoms with E-state index in [1.165, 1.54) is 32.1 Å². The average molecular weight is 170 g/mol. The van der Waals surface area contributed by atoms with Gasteiger partial charge in [0.15, 0.2) is 0 Å². The van der Waals surface area contributed by atoms with E-state index in [-0.39, 0.29) is 0 Å². The Hall–Kier alpha value is -0.780. The molecule has 2 fully saturated rings. The van der Waals surface area contributed by atoms with Gasteiger partial charge in [-0.3, -0.25) is 0 Å². The lowest BCUT2D eigenvalue weighted by atomic mass is 9.86. The summed E-state index contributed by atoms with van der Waals surface area (Å²) in [5.74, 6) is 0. The molecule has 0 aliphatic heterocycles. The van der Waals surface area contributed by atoms with Crippen molar-refractivity contribution in [3.05, 3.63) is 35.4 Å². The number of fused-ring (bicyclic) bond motifs is 3. The Balaban J connectivity index is 1.99. The number of benzene rings is 1. The highest BCUT2D eigenvalue weighted by molar-refractivity contribution is 5.49. The first-order valence-corrected chi connectivity index (χ1v) is 5.45. The third-order valence-corrected chi connectivity index (χ3v) is 4.68. The summed E-state index contributed by atoms with van der Waals surface area (Å²) in [4.78, 5) is 0. The van der Waals surface area contributed by atoms with Crippen LogP contribution in [0.25, 0.3) is 0 Å². The van der Waals surface area contributed by atoms with Gasteiger partial charge in [-0.05, 0) is 48.6 Å². The van der Waals surface area contributed by atoms with Crippen LogP contribution in [0.5, 0.6) is 0 Å². The quantitative estimate of drug-likeness (QED) is 0.561. The van der Waals surface area contributed by atoms with Crippen LogP contribution in [-0.4, -0.2) is 0 Å². The number of hydrogen-bond acceptors (Lipinski definition) is 0. The van der Waals surface area contributed by atoms with Crippen LogP contribution in [0.2, 0.25) is 0 Å². The molecular formula is C13H14. The molecule has 0 heterocycles. The van der Waals surface area contributed by atoms with Crippen LogP contribution in [0.4, 0.5) is 0 Å². The van der Waals surface area contributed by atoms with Crippen molar-refractivity contribution in [2.24, 2.45) is 5.41 Å². The molecule has 0 aromatic heterocycles. The summed E-state index contributed by atoms with van der Waals surface area (Å²) in [5.41, 5.74) is 4.82. The van der Waals surface area contributed by atoms with Gasteiger partial charge < -0.3 is 0 Å². The van der Waals surface area contributed by atoms with E-state index in [0.717, 1.165) is 5.41 Å². The summed E-state index contributed by atoms with van der Waals surface area (Å²) in [7, 11) is 0. The second kappa shape index (κ2) is 1.70. The first kappa shape index (κ1) is 6.64. The first-order valence-electron chi connectivity index (χ1n) is 5.45. The zero-order valence-electron chi connectivity index (χ0n) is 7.84. The van der Waals surface area contributed by atoms with Gasteiger partial charge in [0.2, 0.25) is 0 Å². The van der Waals surface area contributed by atoms with E-state index in [4.69, 9.17) is 0 Å². The van der Waals surface area contributed by atoms with Crippen LogP contribution in [0.3, 0.4) is 0 Å². The molecule has 1 aromatic rings. The summed E-state index contributed by atoms with van der Waals surface area (Å²) in [6.45, 7) is 0. The molecule has 2 saturated carbocycles. The van der Waals surface area contributed by atoms with E-state index in [9.17, 15) is 0 Å². The van der Waals surface area contributed by atoms with E-state index in [1.807, 2.05) is 0 Å². The van der Waals surface area contributed by atoms with Gasteiger partial charge in [-0.15, -0.1) is 0 Å². The van der Waals surface area contributed by atoms with Gasteiger partial charge >= 0.3 is 0 Å². The Morgan fingerprint density at radius 1 is 0.923 bits per heavy atom. The lowest BCUT2D eigenvalue weighted by molar-refractivity contribution is 0.416. The van der Waals surface area contributed by atoms with Gasteiger partial charge in [0.05, 0.1) is 0 Å². The minimum atomic E-state index is 0.684. The van der Waals surface area contributed by atoms with Crippen molar-refractivity contribution in [3.63, 3.8) is 0 Å². The molecule has 0 radical (unpaired) electrons. The molecule has 0 unspecified atom stereocenters. The van der Waals surface area contributed by atoms with Crippen LogP contribution in [-0.2, 0) is 11.8 Å². The fourth-order valence-electron chi connectivity index (χ4n) is 3.69. The summed E-state index contributed by atoms with van der Waals surface area (Å²) >= 11 is 0. The summed E-state index contributed by atoms with van der Waals surface area (Å²) < 4.78 is 0. The standard InChI is InChI=1S/C13H14/c1-2-4-11-10(3-1)9-12(5-6-12)13(11)7-8-13/h1-4H,5-9H2. The molecule has 0 bridgehead atoms. The molecule has 0 N–H and O–H groups in total. The van der Waals surface area contributed by atoms with E-state index >= 15 is 0 Å². The smallest absolute Gasteiger partial charge is 0.00159 e. The maximum atomic E-state index is 2.38. The summed E-state index contributed by atoms with van der Waals surface area (Å²) in [6.07, 6.45) is 7.35. The minimum Gasteiger partial charge on any atom is -0.0620 e. The van der Waals surface area contributed by atoms with Crippen LogP contribution in [0.15, 0.2) is 24.3 Å². The highest BCUT2D eigenvalue weighted by Gasteiger charge is 2.69. The molecule has 3 aliphatic carbocycles. The van der Waals surface area contributed by atoms with Crippen LogP contribution in [0.1, 0.15) is 36.8 Å². The topological polar surface area (TPSA) is 0 Å². The zero-order chi connectivity index (χ0) is 8.52. The number of hydrogen-bond donors (Lipinski definition) is 0. The fourth-order valence-corrected chi connectivity index (χ4v) is 3.69. The largest absolute Gasteiger partial charge is 0.0620 e. The molecule has 1 aromatic carbocycles. The number of rotatable bonds is 0. The molecule has 3 aliphatic rings. The molecule has 0 amide bonds. The van der Waals surface area contributed by atoms with Crippen molar-refractivity contribution >= 4 is 0 Å². The van der Waals surface area contributed by atoms with Crippen molar-refractivity contribution in [2.45, 2.75) is 37.5 Å². The third-order valence-electron chi connectivity index (χ3n) is 4.68. The lowest BCUT2D eigenvalue weighted by Gasteiger charge is -2.17. The molecule has 66 valence electrons. The SMILES string of the molecule is c1ccc2c(c1)CC1(CC1)C21CC1.